The van der Waals surface area contributed by atoms with Gasteiger partial charge < -0.3 is 5.11 Å². The highest BCUT2D eigenvalue weighted by Gasteiger charge is 2.33. The predicted octanol–water partition coefficient (Wildman–Crippen LogP) is 3.74. The van der Waals surface area contributed by atoms with Crippen LogP contribution in [0.15, 0.2) is 24.3 Å². The van der Waals surface area contributed by atoms with Crippen LogP contribution in [0.2, 0.25) is 5.02 Å². The largest absolute Gasteiger partial charge is 0.385 e. The molecule has 0 saturated heterocycles. The molecule has 1 fully saturated rings. The van der Waals surface area contributed by atoms with Crippen molar-refractivity contribution in [3.05, 3.63) is 34.9 Å². The average molecular weight is 225 g/mol. The van der Waals surface area contributed by atoms with Gasteiger partial charge in [-0.3, -0.25) is 0 Å². The molecule has 82 valence electrons. The Balaban J connectivity index is 2.24. The summed E-state index contributed by atoms with van der Waals surface area (Å²) in [5, 5.41) is 11.3. The van der Waals surface area contributed by atoms with Crippen LogP contribution >= 0.6 is 11.6 Å². The summed E-state index contributed by atoms with van der Waals surface area (Å²) in [5.74, 6) is 0.611. The molecule has 2 atom stereocenters. The molecular weight excluding hydrogens is 208 g/mol. The topological polar surface area (TPSA) is 20.2 Å². The number of halogens is 1. The second-order valence-electron chi connectivity index (χ2n) is 4.74. The van der Waals surface area contributed by atoms with E-state index in [0.717, 1.165) is 29.8 Å². The second-order valence-corrected chi connectivity index (χ2v) is 5.18. The first-order valence-corrected chi connectivity index (χ1v) is 5.96. The molecule has 0 spiro atoms. The summed E-state index contributed by atoms with van der Waals surface area (Å²) in [5.41, 5.74) is 0.390. The van der Waals surface area contributed by atoms with Gasteiger partial charge in [0.25, 0.3) is 0 Å². The van der Waals surface area contributed by atoms with Crippen LogP contribution in [0.1, 0.15) is 38.2 Å². The quantitative estimate of drug-likeness (QED) is 0.771. The van der Waals surface area contributed by atoms with E-state index in [1.807, 2.05) is 24.3 Å². The van der Waals surface area contributed by atoms with Crippen LogP contribution in [0.4, 0.5) is 0 Å². The molecule has 2 rings (SSSR count). The Labute approximate surface area is 96.1 Å². The van der Waals surface area contributed by atoms with Gasteiger partial charge in [0.2, 0.25) is 0 Å². The minimum absolute atomic E-state index is 0.611. The van der Waals surface area contributed by atoms with Gasteiger partial charge in [0.15, 0.2) is 0 Å². The molecule has 0 aromatic heterocycles. The highest BCUT2D eigenvalue weighted by molar-refractivity contribution is 6.30. The molecule has 0 aliphatic heterocycles. The average Bonchev–Trinajstić information content (AvgIpc) is 2.18. The van der Waals surface area contributed by atoms with Crippen molar-refractivity contribution < 1.29 is 5.11 Å². The Bertz CT molecular complexity index is 333. The molecule has 0 radical (unpaired) electrons. The summed E-state index contributed by atoms with van der Waals surface area (Å²) in [6.07, 6.45) is 4.09. The van der Waals surface area contributed by atoms with Crippen molar-refractivity contribution in [1.82, 2.24) is 0 Å². The minimum atomic E-state index is -0.623. The van der Waals surface area contributed by atoms with Crippen molar-refractivity contribution in [3.8, 4) is 0 Å². The van der Waals surface area contributed by atoms with Gasteiger partial charge in [0, 0.05) is 5.02 Å². The molecule has 1 aliphatic rings. The monoisotopic (exact) mass is 224 g/mol. The molecule has 15 heavy (non-hydrogen) atoms. The maximum Gasteiger partial charge on any atom is 0.0899 e. The van der Waals surface area contributed by atoms with E-state index in [1.54, 1.807) is 0 Å². The first kappa shape index (κ1) is 11.0. The summed E-state index contributed by atoms with van der Waals surface area (Å²) in [4.78, 5) is 0. The first-order valence-electron chi connectivity index (χ1n) is 5.58. The number of hydrogen-bond acceptors (Lipinski definition) is 1. The molecule has 1 nitrogen and oxygen atoms in total. The van der Waals surface area contributed by atoms with Crippen LogP contribution in [-0.2, 0) is 5.60 Å². The zero-order valence-electron chi connectivity index (χ0n) is 9.04. The van der Waals surface area contributed by atoms with Crippen LogP contribution in [0, 0.1) is 5.92 Å². The molecule has 2 unspecified atom stereocenters. The molecule has 1 saturated carbocycles. The Kier molecular flexibility index (Phi) is 3.03. The maximum absolute atomic E-state index is 10.6. The van der Waals surface area contributed by atoms with Crippen LogP contribution in [0.25, 0.3) is 0 Å². The normalized spacial score (nSPS) is 31.5. The molecule has 2 heteroatoms. The summed E-state index contributed by atoms with van der Waals surface area (Å²) in [6, 6.07) is 7.60. The van der Waals surface area contributed by atoms with Crippen molar-refractivity contribution in [2.45, 2.75) is 38.2 Å². The lowest BCUT2D eigenvalue weighted by molar-refractivity contribution is -0.0178. The van der Waals surface area contributed by atoms with Crippen molar-refractivity contribution in [2.75, 3.05) is 0 Å². The highest BCUT2D eigenvalue weighted by Crippen LogP contribution is 2.39. The van der Waals surface area contributed by atoms with Gasteiger partial charge in [-0.2, -0.15) is 0 Å². The molecule has 1 N–H and O–H groups in total. The van der Waals surface area contributed by atoms with Gasteiger partial charge in [0.1, 0.15) is 0 Å². The van der Waals surface area contributed by atoms with Gasteiger partial charge in [-0.15, -0.1) is 0 Å². The Morgan fingerprint density at radius 3 is 2.60 bits per heavy atom. The summed E-state index contributed by atoms with van der Waals surface area (Å²) >= 11 is 5.84. The van der Waals surface area contributed by atoms with Crippen molar-refractivity contribution in [2.24, 2.45) is 5.92 Å². The van der Waals surface area contributed by atoms with E-state index in [9.17, 15) is 5.11 Å². The van der Waals surface area contributed by atoms with E-state index in [4.69, 9.17) is 11.6 Å². The third-order valence-electron chi connectivity index (χ3n) is 3.35. The second kappa shape index (κ2) is 4.15. The Hall–Kier alpha value is -0.530. The third kappa shape index (κ3) is 2.35. The summed E-state index contributed by atoms with van der Waals surface area (Å²) in [7, 11) is 0. The van der Waals surface area contributed by atoms with Gasteiger partial charge in [-0.25, -0.2) is 0 Å². The molecule has 0 heterocycles. The van der Waals surface area contributed by atoms with E-state index in [-0.39, 0.29) is 0 Å². The summed E-state index contributed by atoms with van der Waals surface area (Å²) in [6.45, 7) is 2.21. The lowest BCUT2D eigenvalue weighted by atomic mass is 9.75. The molecule has 1 aliphatic carbocycles. The number of rotatable bonds is 1. The van der Waals surface area contributed by atoms with Crippen LogP contribution in [0.3, 0.4) is 0 Å². The van der Waals surface area contributed by atoms with E-state index in [1.165, 1.54) is 6.42 Å². The van der Waals surface area contributed by atoms with E-state index in [0.29, 0.717) is 5.92 Å². The lowest BCUT2D eigenvalue weighted by Gasteiger charge is -2.36. The van der Waals surface area contributed by atoms with Crippen LogP contribution < -0.4 is 0 Å². The third-order valence-corrected chi connectivity index (χ3v) is 3.61. The zero-order valence-corrected chi connectivity index (χ0v) is 9.80. The fourth-order valence-corrected chi connectivity index (χ4v) is 2.67. The molecule has 1 aromatic carbocycles. The smallest absolute Gasteiger partial charge is 0.0899 e. The number of benzene rings is 1. The number of hydrogen-bond donors (Lipinski definition) is 1. The Morgan fingerprint density at radius 2 is 2.00 bits per heavy atom. The maximum atomic E-state index is 10.6. The van der Waals surface area contributed by atoms with E-state index >= 15 is 0 Å². The van der Waals surface area contributed by atoms with Gasteiger partial charge in [-0.05, 0) is 42.9 Å². The minimum Gasteiger partial charge on any atom is -0.385 e. The standard InChI is InChI=1S/C13H17ClO/c1-10-3-2-8-13(15,9-10)11-4-6-12(14)7-5-11/h4-7,10,15H,2-3,8-9H2,1H3. The highest BCUT2D eigenvalue weighted by atomic mass is 35.5. The molecular formula is C13H17ClO. The molecule has 0 bridgehead atoms. The predicted molar refractivity (Wildman–Crippen MR) is 63.0 cm³/mol. The van der Waals surface area contributed by atoms with Crippen molar-refractivity contribution in [1.29, 1.82) is 0 Å². The van der Waals surface area contributed by atoms with E-state index < -0.39 is 5.60 Å². The molecule has 0 amide bonds. The lowest BCUT2D eigenvalue weighted by Crippen LogP contribution is -2.31. The van der Waals surface area contributed by atoms with E-state index in [2.05, 4.69) is 6.92 Å². The SMILES string of the molecule is CC1CCCC(O)(c2ccc(Cl)cc2)C1. The fraction of sp³-hybridized carbons (Fsp3) is 0.538. The van der Waals surface area contributed by atoms with Crippen LogP contribution in [0.5, 0.6) is 0 Å². The fourth-order valence-electron chi connectivity index (χ4n) is 2.55. The van der Waals surface area contributed by atoms with Gasteiger partial charge >= 0.3 is 0 Å². The molecule has 1 aromatic rings. The van der Waals surface area contributed by atoms with Gasteiger partial charge in [0.05, 0.1) is 5.60 Å². The van der Waals surface area contributed by atoms with Crippen LogP contribution in [-0.4, -0.2) is 5.11 Å². The zero-order chi connectivity index (χ0) is 10.9. The number of aliphatic hydroxyl groups is 1. The summed E-state index contributed by atoms with van der Waals surface area (Å²) < 4.78 is 0. The van der Waals surface area contributed by atoms with Crippen molar-refractivity contribution >= 4 is 11.6 Å². The Morgan fingerprint density at radius 1 is 1.33 bits per heavy atom. The van der Waals surface area contributed by atoms with Crippen molar-refractivity contribution in [3.63, 3.8) is 0 Å². The first-order chi connectivity index (χ1) is 7.10. The van der Waals surface area contributed by atoms with Gasteiger partial charge in [-0.1, -0.05) is 37.1 Å².